The third-order valence-corrected chi connectivity index (χ3v) is 20.6. The predicted molar refractivity (Wildman–Crippen MR) is 411 cm³/mol. The van der Waals surface area contributed by atoms with Crippen LogP contribution < -0.4 is 0 Å². The van der Waals surface area contributed by atoms with E-state index in [9.17, 15) is 0 Å². The molecule has 0 unspecified atom stereocenters. The van der Waals surface area contributed by atoms with Crippen molar-refractivity contribution in [3.8, 4) is 45.0 Å². The van der Waals surface area contributed by atoms with Gasteiger partial charge >= 0.3 is 0 Å². The minimum atomic E-state index is 0.907. The highest BCUT2D eigenvalue weighted by Crippen LogP contribution is 2.46. The van der Waals surface area contributed by atoms with E-state index >= 15 is 0 Å². The molecule has 6 nitrogen and oxygen atoms in total. The number of aromatic nitrogens is 4. The molecule has 98 heavy (non-hydrogen) atoms. The molecule has 0 fully saturated rings. The molecular formula is C92H56N4O2. The number of hydrogen-bond donors (Lipinski definition) is 0. The average Bonchev–Trinajstić information content (AvgIpc) is 1.55. The Bertz CT molecular complexity index is 7040. The summed E-state index contributed by atoms with van der Waals surface area (Å²) in [4.78, 5) is 0. The van der Waals surface area contributed by atoms with Gasteiger partial charge in [0.25, 0.3) is 0 Å². The molecule has 0 spiro atoms. The van der Waals surface area contributed by atoms with Crippen LogP contribution in [0, 0.1) is 0 Å². The number of hydrogen-bond acceptors (Lipinski definition) is 2. The maximum Gasteiger partial charge on any atom is 0.136 e. The van der Waals surface area contributed by atoms with Gasteiger partial charge in [0, 0.05) is 92.8 Å². The van der Waals surface area contributed by atoms with E-state index in [-0.39, 0.29) is 0 Å². The summed E-state index contributed by atoms with van der Waals surface area (Å²) in [5.41, 5.74) is 22.5. The molecule has 16 aromatic carbocycles. The van der Waals surface area contributed by atoms with Crippen molar-refractivity contribution < 1.29 is 8.83 Å². The Morgan fingerprint density at radius 1 is 0.184 bits per heavy atom. The van der Waals surface area contributed by atoms with Gasteiger partial charge in [0.15, 0.2) is 0 Å². The van der Waals surface area contributed by atoms with E-state index in [0.717, 1.165) is 72.2 Å². The molecule has 22 aromatic rings. The highest BCUT2D eigenvalue weighted by atomic mass is 16.3. The summed E-state index contributed by atoms with van der Waals surface area (Å²) < 4.78 is 22.2. The molecular weight excluding hydrogens is 1190 g/mol. The van der Waals surface area contributed by atoms with Gasteiger partial charge in [0.05, 0.1) is 44.1 Å². The molecule has 0 atom stereocenters. The van der Waals surface area contributed by atoms with Crippen LogP contribution in [0.15, 0.2) is 349 Å². The first kappa shape index (κ1) is 54.3. The summed E-state index contributed by atoms with van der Waals surface area (Å²) in [6, 6.07) is 123. The van der Waals surface area contributed by atoms with Gasteiger partial charge < -0.3 is 27.1 Å². The van der Waals surface area contributed by atoms with Crippen LogP contribution in [-0.2, 0) is 0 Å². The summed E-state index contributed by atoms with van der Waals surface area (Å²) in [5, 5.41) is 19.7. The first-order chi connectivity index (χ1) is 48.6. The van der Waals surface area contributed by atoms with Crippen molar-refractivity contribution in [1.82, 2.24) is 18.3 Å². The first-order valence-electron chi connectivity index (χ1n) is 33.5. The number of para-hydroxylation sites is 6. The zero-order valence-corrected chi connectivity index (χ0v) is 52.9. The number of nitrogens with zero attached hydrogens (tertiary/aromatic N) is 4. The van der Waals surface area contributed by atoms with Gasteiger partial charge in [-0.05, 0) is 154 Å². The second-order valence-electron chi connectivity index (χ2n) is 25.8. The zero-order chi connectivity index (χ0) is 64.1. The van der Waals surface area contributed by atoms with Crippen molar-refractivity contribution >= 4 is 153 Å². The van der Waals surface area contributed by atoms with Gasteiger partial charge in [-0.1, -0.05) is 224 Å². The lowest BCUT2D eigenvalue weighted by atomic mass is 9.99. The number of rotatable bonds is 6. The van der Waals surface area contributed by atoms with Crippen molar-refractivity contribution in [3.05, 3.63) is 340 Å². The van der Waals surface area contributed by atoms with Crippen LogP contribution in [-0.4, -0.2) is 18.3 Å². The smallest absolute Gasteiger partial charge is 0.136 e. The van der Waals surface area contributed by atoms with E-state index in [1.165, 1.54) is 125 Å². The van der Waals surface area contributed by atoms with E-state index in [1.807, 2.05) is 24.3 Å². The maximum atomic E-state index is 6.27. The number of furan rings is 2. The summed E-state index contributed by atoms with van der Waals surface area (Å²) in [5.74, 6) is 0. The van der Waals surface area contributed by atoms with E-state index in [4.69, 9.17) is 8.83 Å². The Kier molecular flexibility index (Phi) is 11.7. The van der Waals surface area contributed by atoms with Crippen LogP contribution in [0.25, 0.3) is 198 Å². The number of fused-ring (bicyclic) bond motifs is 22. The molecule has 6 aromatic heterocycles. The van der Waals surface area contributed by atoms with E-state index in [0.29, 0.717) is 0 Å². The van der Waals surface area contributed by atoms with Crippen LogP contribution in [0.4, 0.5) is 0 Å². The molecule has 0 aliphatic rings. The van der Waals surface area contributed by atoms with Crippen molar-refractivity contribution in [2.24, 2.45) is 0 Å². The molecule has 456 valence electrons. The van der Waals surface area contributed by atoms with Gasteiger partial charge in [-0.2, -0.15) is 0 Å². The molecule has 6 heterocycles. The normalized spacial score (nSPS) is 12.1. The topological polar surface area (TPSA) is 46.0 Å². The third kappa shape index (κ3) is 8.03. The molecule has 0 amide bonds. The minimum absolute atomic E-state index is 0.907. The summed E-state index contributed by atoms with van der Waals surface area (Å²) in [6.07, 6.45) is 0. The maximum absolute atomic E-state index is 6.27. The molecule has 22 rings (SSSR count). The lowest BCUT2D eigenvalue weighted by Gasteiger charge is -2.12. The SMILES string of the molecule is c1ccc(-n2c3cc4c(cc3c3c5ccccc5ccc32)c2ccccc2n4-c2ccc(-c3cccc4oc5ccccc5c34)cc2)cc1.c1ccc(-n2c3cc4c(cc3c3ccc5ccccc5c32)c2ccccc2n4-c2cccc(-c3cccc4oc5ccccc5c34)c2)cc1. The molecule has 0 saturated heterocycles. The van der Waals surface area contributed by atoms with Crippen molar-refractivity contribution in [2.75, 3.05) is 0 Å². The van der Waals surface area contributed by atoms with Crippen LogP contribution in [0.3, 0.4) is 0 Å². The Labute approximate surface area is 561 Å². The molecule has 0 saturated carbocycles. The first-order valence-corrected chi connectivity index (χ1v) is 33.5. The Morgan fingerprint density at radius 3 is 1.26 bits per heavy atom. The lowest BCUT2D eigenvalue weighted by Crippen LogP contribution is -1.96. The monoisotopic (exact) mass is 1250 g/mol. The van der Waals surface area contributed by atoms with Gasteiger partial charge in [0.1, 0.15) is 22.3 Å². The number of benzene rings is 16. The second kappa shape index (κ2) is 21.2. The fraction of sp³-hybridized carbons (Fsp3) is 0. The van der Waals surface area contributed by atoms with Crippen molar-refractivity contribution in [2.45, 2.75) is 0 Å². The molecule has 0 N–H and O–H groups in total. The molecule has 0 radical (unpaired) electrons. The van der Waals surface area contributed by atoms with Crippen LogP contribution in [0.2, 0.25) is 0 Å². The zero-order valence-electron chi connectivity index (χ0n) is 52.9. The average molecular weight is 1250 g/mol. The van der Waals surface area contributed by atoms with Crippen molar-refractivity contribution in [1.29, 1.82) is 0 Å². The Balaban J connectivity index is 0.000000129. The molecule has 0 aliphatic carbocycles. The van der Waals surface area contributed by atoms with Gasteiger partial charge in [-0.15, -0.1) is 0 Å². The molecule has 0 bridgehead atoms. The standard InChI is InChI=1S/2C46H28N2O/c1-2-14-31(15-3-1)48-42-28-41-38(27-39(42)36-25-24-29-12-4-5-17-34(29)46(36)48)35-18-6-8-21-40(35)47(41)32-16-10-13-30(26-32)33-20-11-23-44-45(33)37-19-7-9-22-43(37)49-44;1-2-12-31(13-3-1)48-40-26-23-29-11-4-5-14-33(29)45(40)38-27-37-35-15-6-8-18-39(35)47(41(37)28-42(38)48)32-24-21-30(22-25-32)34-17-10-20-44-46(34)36-16-7-9-19-43(36)49-44/h2*1-28H. The van der Waals surface area contributed by atoms with Crippen LogP contribution in [0.1, 0.15) is 0 Å². The summed E-state index contributed by atoms with van der Waals surface area (Å²) in [6.45, 7) is 0. The second-order valence-corrected chi connectivity index (χ2v) is 25.8. The highest BCUT2D eigenvalue weighted by Gasteiger charge is 2.24. The minimum Gasteiger partial charge on any atom is -0.456 e. The van der Waals surface area contributed by atoms with E-state index in [1.54, 1.807) is 0 Å². The van der Waals surface area contributed by atoms with Gasteiger partial charge in [0.2, 0.25) is 0 Å². The third-order valence-electron chi connectivity index (χ3n) is 20.6. The fourth-order valence-electron chi connectivity index (χ4n) is 16.4. The summed E-state index contributed by atoms with van der Waals surface area (Å²) in [7, 11) is 0. The van der Waals surface area contributed by atoms with E-state index < -0.39 is 0 Å². The lowest BCUT2D eigenvalue weighted by molar-refractivity contribution is 0.668. The largest absolute Gasteiger partial charge is 0.456 e. The predicted octanol–water partition coefficient (Wildman–Crippen LogP) is 25.2. The summed E-state index contributed by atoms with van der Waals surface area (Å²) >= 11 is 0. The van der Waals surface area contributed by atoms with Gasteiger partial charge in [-0.25, -0.2) is 0 Å². The fourth-order valence-corrected chi connectivity index (χ4v) is 16.4. The molecule has 6 heteroatoms. The van der Waals surface area contributed by atoms with Crippen LogP contribution in [0.5, 0.6) is 0 Å². The Hall–Kier alpha value is -13.2. The van der Waals surface area contributed by atoms with Gasteiger partial charge in [-0.3, -0.25) is 0 Å². The van der Waals surface area contributed by atoms with Crippen LogP contribution >= 0.6 is 0 Å². The van der Waals surface area contributed by atoms with Crippen molar-refractivity contribution in [3.63, 3.8) is 0 Å². The highest BCUT2D eigenvalue weighted by molar-refractivity contribution is 6.27. The Morgan fingerprint density at radius 2 is 0.612 bits per heavy atom. The molecule has 0 aliphatic heterocycles. The quantitative estimate of drug-likeness (QED) is 0.167. The van der Waals surface area contributed by atoms with E-state index in [2.05, 4.69) is 334 Å².